The van der Waals surface area contributed by atoms with Crippen LogP contribution >= 0.6 is 0 Å². The summed E-state index contributed by atoms with van der Waals surface area (Å²) < 4.78 is 1.83. The standard InChI is InChI=1S/C29H35N5O4/c30-16-25(32-38-17-27(35)36)28-29(37)34(26-10-2-1-9-24(26)31-28)23-14-20-7-4-8-21(15-23)33(20)22-12-18-5-3-6-19(11-18)13-22/h1-2,9-10,18-23H,3-8,11-15,17H2,(H,35,36)/b32-25+/t18?,19?,20-,21+,22?,23?. The summed E-state index contributed by atoms with van der Waals surface area (Å²) in [4.78, 5) is 36.9. The van der Waals surface area contributed by atoms with Gasteiger partial charge in [0, 0.05) is 24.2 Å². The first-order valence-electron chi connectivity index (χ1n) is 14.1. The van der Waals surface area contributed by atoms with Crippen LogP contribution in [-0.4, -0.2) is 56.0 Å². The highest BCUT2D eigenvalue weighted by molar-refractivity contribution is 6.10. The number of rotatable bonds is 6. The molecule has 2 aliphatic heterocycles. The van der Waals surface area contributed by atoms with Gasteiger partial charge in [0.2, 0.25) is 12.3 Å². The fraction of sp³-hybridized carbons (Fsp3) is 0.621. The minimum atomic E-state index is -1.21. The van der Waals surface area contributed by atoms with Crippen molar-refractivity contribution in [2.24, 2.45) is 17.0 Å². The van der Waals surface area contributed by atoms with Gasteiger partial charge in [-0.3, -0.25) is 9.69 Å². The third kappa shape index (κ3) is 4.71. The molecule has 5 atom stereocenters. The summed E-state index contributed by atoms with van der Waals surface area (Å²) in [6, 6.07) is 11.0. The van der Waals surface area contributed by atoms with Crippen LogP contribution in [0.25, 0.3) is 11.0 Å². The molecular formula is C29H35N5O4. The number of carboxylic acid groups (broad SMARTS) is 1. The van der Waals surface area contributed by atoms with Crippen molar-refractivity contribution in [1.82, 2.24) is 14.5 Å². The maximum absolute atomic E-state index is 13.9. The van der Waals surface area contributed by atoms with Crippen molar-refractivity contribution in [2.45, 2.75) is 94.8 Å². The van der Waals surface area contributed by atoms with Gasteiger partial charge in [-0.2, -0.15) is 5.26 Å². The lowest BCUT2D eigenvalue weighted by atomic mass is 9.68. The average molecular weight is 518 g/mol. The smallest absolute Gasteiger partial charge is 0.344 e. The van der Waals surface area contributed by atoms with E-state index in [4.69, 9.17) is 9.94 Å². The molecular weight excluding hydrogens is 482 g/mol. The molecule has 0 radical (unpaired) electrons. The Morgan fingerprint density at radius 2 is 1.68 bits per heavy atom. The molecule has 38 heavy (non-hydrogen) atoms. The van der Waals surface area contributed by atoms with Gasteiger partial charge in [-0.05, 0) is 68.9 Å². The SMILES string of the molecule is N#C/C(=N\OCC(=O)O)c1nc2ccccc2n(C2C[C@H]3CCC[C@@H](C2)N3C2CC3CCCC(C3)C2)c1=O. The van der Waals surface area contributed by atoms with Crippen molar-refractivity contribution in [3.63, 3.8) is 0 Å². The molecule has 6 rings (SSSR count). The molecule has 3 unspecified atom stereocenters. The third-order valence-corrected chi connectivity index (χ3v) is 9.36. The minimum Gasteiger partial charge on any atom is -0.479 e. The Balaban J connectivity index is 1.34. The first-order valence-corrected chi connectivity index (χ1v) is 14.1. The number of nitriles is 1. The zero-order chi connectivity index (χ0) is 26.2. The third-order valence-electron chi connectivity index (χ3n) is 9.36. The molecule has 2 saturated heterocycles. The molecule has 2 aromatic rings. The number of oxime groups is 1. The topological polar surface area (TPSA) is 121 Å². The molecule has 0 amide bonds. The summed E-state index contributed by atoms with van der Waals surface area (Å²) in [5.74, 6) is 0.550. The van der Waals surface area contributed by atoms with Gasteiger partial charge in [-0.15, -0.1) is 0 Å². The van der Waals surface area contributed by atoms with Gasteiger partial charge in [0.25, 0.3) is 5.56 Å². The Morgan fingerprint density at radius 1 is 1.00 bits per heavy atom. The number of nitrogens with zero attached hydrogens (tertiary/aromatic N) is 5. The largest absolute Gasteiger partial charge is 0.479 e. The van der Waals surface area contributed by atoms with Gasteiger partial charge in [-0.25, -0.2) is 9.78 Å². The van der Waals surface area contributed by atoms with Crippen molar-refractivity contribution < 1.29 is 14.7 Å². The number of carbonyl (C=O) groups is 1. The molecule has 0 spiro atoms. The Morgan fingerprint density at radius 3 is 2.37 bits per heavy atom. The summed E-state index contributed by atoms with van der Waals surface area (Å²) in [6.07, 6.45) is 13.6. The van der Waals surface area contributed by atoms with E-state index in [1.165, 1.54) is 44.9 Å². The van der Waals surface area contributed by atoms with Gasteiger partial charge in [0.15, 0.2) is 5.69 Å². The van der Waals surface area contributed by atoms with Gasteiger partial charge in [-0.1, -0.05) is 43.0 Å². The Labute approximate surface area is 222 Å². The Kier molecular flexibility index (Phi) is 6.91. The van der Waals surface area contributed by atoms with E-state index in [1.54, 1.807) is 0 Å². The van der Waals surface area contributed by atoms with E-state index in [1.807, 2.05) is 34.9 Å². The van der Waals surface area contributed by atoms with Crippen molar-refractivity contribution in [3.05, 3.63) is 40.3 Å². The molecule has 9 nitrogen and oxygen atoms in total. The fourth-order valence-corrected chi connectivity index (χ4v) is 8.08. The number of hydrogen-bond acceptors (Lipinski definition) is 7. The molecule has 9 heteroatoms. The molecule has 1 aromatic carbocycles. The van der Waals surface area contributed by atoms with Crippen molar-refractivity contribution in [1.29, 1.82) is 5.26 Å². The highest BCUT2D eigenvalue weighted by Crippen LogP contribution is 2.47. The van der Waals surface area contributed by atoms with E-state index < -0.39 is 12.6 Å². The predicted molar refractivity (Wildman–Crippen MR) is 142 cm³/mol. The quantitative estimate of drug-likeness (QED) is 0.449. The zero-order valence-electron chi connectivity index (χ0n) is 21.7. The molecule has 2 saturated carbocycles. The fourth-order valence-electron chi connectivity index (χ4n) is 8.08. The molecule has 4 fully saturated rings. The van der Waals surface area contributed by atoms with Gasteiger partial charge in [0.05, 0.1) is 11.0 Å². The summed E-state index contributed by atoms with van der Waals surface area (Å²) in [5, 5.41) is 22.2. The van der Waals surface area contributed by atoms with Crippen LogP contribution in [0, 0.1) is 23.2 Å². The van der Waals surface area contributed by atoms with Crippen molar-refractivity contribution in [3.8, 4) is 6.07 Å². The van der Waals surface area contributed by atoms with E-state index >= 15 is 0 Å². The monoisotopic (exact) mass is 517 g/mol. The molecule has 200 valence electrons. The first-order chi connectivity index (χ1) is 18.5. The van der Waals surface area contributed by atoms with Crippen LogP contribution in [0.1, 0.15) is 82.4 Å². The van der Waals surface area contributed by atoms with Crippen LogP contribution in [0.15, 0.2) is 34.2 Å². The van der Waals surface area contributed by atoms with E-state index in [-0.39, 0.29) is 23.0 Å². The number of fused-ring (bicyclic) bond motifs is 5. The molecule has 2 aliphatic carbocycles. The highest BCUT2D eigenvalue weighted by atomic mass is 16.6. The lowest BCUT2D eigenvalue weighted by molar-refractivity contribution is -0.142. The molecule has 3 heterocycles. The van der Waals surface area contributed by atoms with Gasteiger partial charge < -0.3 is 14.5 Å². The zero-order valence-corrected chi connectivity index (χ0v) is 21.7. The van der Waals surface area contributed by atoms with Crippen molar-refractivity contribution >= 4 is 22.7 Å². The maximum Gasteiger partial charge on any atom is 0.344 e. The summed E-state index contributed by atoms with van der Waals surface area (Å²) in [7, 11) is 0. The van der Waals surface area contributed by atoms with Crippen LogP contribution in [0.4, 0.5) is 0 Å². The molecule has 4 bridgehead atoms. The van der Waals surface area contributed by atoms with Crippen LogP contribution in [0.3, 0.4) is 0 Å². The number of para-hydroxylation sites is 2. The van der Waals surface area contributed by atoms with Gasteiger partial charge >= 0.3 is 5.97 Å². The number of aromatic nitrogens is 2. The number of aliphatic carboxylic acids is 1. The molecule has 4 aliphatic rings. The highest BCUT2D eigenvalue weighted by Gasteiger charge is 2.45. The Bertz CT molecular complexity index is 1320. The number of piperidine rings is 2. The van der Waals surface area contributed by atoms with E-state index in [0.717, 1.165) is 43.0 Å². The molecule has 1 N–H and O–H groups in total. The van der Waals surface area contributed by atoms with E-state index in [2.05, 4.69) is 15.0 Å². The second kappa shape index (κ2) is 10.5. The number of carboxylic acids is 1. The molecule has 1 aromatic heterocycles. The lowest BCUT2D eigenvalue weighted by Gasteiger charge is -2.55. The Hall–Kier alpha value is -3.25. The maximum atomic E-state index is 13.9. The predicted octanol–water partition coefficient (Wildman–Crippen LogP) is 4.25. The summed E-state index contributed by atoms with van der Waals surface area (Å²) in [6.45, 7) is -0.697. The normalized spacial score (nSPS) is 31.5. The van der Waals surface area contributed by atoms with Gasteiger partial charge in [0.1, 0.15) is 6.07 Å². The lowest BCUT2D eigenvalue weighted by Crippen LogP contribution is -2.58. The summed E-state index contributed by atoms with van der Waals surface area (Å²) >= 11 is 0. The van der Waals surface area contributed by atoms with E-state index in [9.17, 15) is 14.9 Å². The first kappa shape index (κ1) is 25.1. The summed E-state index contributed by atoms with van der Waals surface area (Å²) in [5.41, 5.74) is 0.600. The van der Waals surface area contributed by atoms with Crippen LogP contribution < -0.4 is 5.56 Å². The van der Waals surface area contributed by atoms with Crippen molar-refractivity contribution in [2.75, 3.05) is 6.61 Å². The number of benzene rings is 1. The minimum absolute atomic E-state index is 0.00340. The van der Waals surface area contributed by atoms with E-state index in [0.29, 0.717) is 23.6 Å². The van der Waals surface area contributed by atoms with Crippen LogP contribution in [-0.2, 0) is 9.63 Å². The van der Waals surface area contributed by atoms with Crippen LogP contribution in [0.5, 0.6) is 0 Å². The number of hydrogen-bond donors (Lipinski definition) is 1. The second-order valence-corrected chi connectivity index (χ2v) is 11.7. The van der Waals surface area contributed by atoms with Crippen LogP contribution in [0.2, 0.25) is 0 Å². The second-order valence-electron chi connectivity index (χ2n) is 11.7. The average Bonchev–Trinajstić information content (AvgIpc) is 2.90.